The molecule has 1 aromatic heterocycles. The van der Waals surface area contributed by atoms with E-state index in [1.807, 2.05) is 5.38 Å². The van der Waals surface area contributed by atoms with Crippen LogP contribution in [0.15, 0.2) is 29.8 Å². The molecule has 0 fully saturated rings. The molecule has 2 heterocycles. The molecule has 0 radical (unpaired) electrons. The number of thiazole rings is 1. The number of methoxy groups -OCH3 is 1. The number of rotatable bonds is 5. The van der Waals surface area contributed by atoms with Crippen molar-refractivity contribution < 1.29 is 22.7 Å². The fraction of sp³-hybridized carbons (Fsp3) is 0.545. The Balaban J connectivity index is 1.96. The molecule has 0 bridgehead atoms. The van der Waals surface area contributed by atoms with Gasteiger partial charge >= 0.3 is 0 Å². The van der Waals surface area contributed by atoms with E-state index >= 15 is 0 Å². The van der Waals surface area contributed by atoms with E-state index in [1.165, 1.54) is 0 Å². The highest BCUT2D eigenvalue weighted by molar-refractivity contribution is 7.92. The zero-order valence-electron chi connectivity index (χ0n) is 19.6. The first-order valence-electron chi connectivity index (χ1n) is 10.7. The molecule has 1 N–H and O–H groups in total. The lowest BCUT2D eigenvalue weighted by atomic mass is 10.0. The smallest absolute Gasteiger partial charge is 0.257 e. The first-order valence-corrected chi connectivity index (χ1v) is 13.5. The summed E-state index contributed by atoms with van der Waals surface area (Å²) in [4.78, 5) is 21.6. The normalized spacial score (nSPS) is 23.2. The minimum Gasteiger partial charge on any atom is -0.491 e. The number of hydrogen-bond donors (Lipinski definition) is 1. The third kappa shape index (κ3) is 6.89. The number of likely N-dealkylation sites (N-methyl/N-ethyl adjacent to an activating group) is 1. The molecule has 11 heteroatoms. The maximum atomic E-state index is 13.2. The number of nitrogens with one attached hydrogen (secondary N) is 1. The van der Waals surface area contributed by atoms with Crippen molar-refractivity contribution in [3.05, 3.63) is 40.3 Å². The van der Waals surface area contributed by atoms with Crippen molar-refractivity contribution in [2.45, 2.75) is 32.5 Å². The molecule has 2 aromatic rings. The number of hydrogen-bond acceptors (Lipinski definition) is 8. The second-order valence-corrected chi connectivity index (χ2v) is 11.3. The number of sulfonamides is 1. The van der Waals surface area contributed by atoms with E-state index in [0.717, 1.165) is 17.8 Å². The molecule has 3 rings (SSSR count). The van der Waals surface area contributed by atoms with E-state index in [2.05, 4.69) is 28.5 Å². The lowest BCUT2D eigenvalue weighted by molar-refractivity contribution is 0.00921. The van der Waals surface area contributed by atoms with Gasteiger partial charge in [0, 0.05) is 50.9 Å². The SMILES string of the molecule is CO[C@@H]1CN(C)C(=O)c2ccc(NS(C)(=O)=O)cc2OC[C@H](C)N(Cc2nccs2)C[C@H]1C. The Hall–Kier alpha value is -2.21. The topological polar surface area (TPSA) is 101 Å². The van der Waals surface area contributed by atoms with E-state index in [1.54, 1.807) is 54.8 Å². The van der Waals surface area contributed by atoms with Gasteiger partial charge < -0.3 is 14.4 Å². The van der Waals surface area contributed by atoms with Crippen molar-refractivity contribution in [1.29, 1.82) is 0 Å². The van der Waals surface area contributed by atoms with Crippen molar-refractivity contribution in [2.75, 3.05) is 44.8 Å². The number of nitrogens with zero attached hydrogens (tertiary/aromatic N) is 3. The Bertz CT molecular complexity index is 1050. The molecule has 33 heavy (non-hydrogen) atoms. The number of ether oxygens (including phenoxy) is 2. The van der Waals surface area contributed by atoms with Crippen LogP contribution in [0.5, 0.6) is 5.75 Å². The summed E-state index contributed by atoms with van der Waals surface area (Å²) in [5.41, 5.74) is 0.716. The van der Waals surface area contributed by atoms with Gasteiger partial charge in [-0.25, -0.2) is 13.4 Å². The quantitative estimate of drug-likeness (QED) is 0.679. The molecule has 1 aliphatic heterocycles. The van der Waals surface area contributed by atoms with Crippen LogP contribution in [0, 0.1) is 5.92 Å². The maximum absolute atomic E-state index is 13.2. The van der Waals surface area contributed by atoms with Crippen LogP contribution in [-0.2, 0) is 21.3 Å². The highest BCUT2D eigenvalue weighted by atomic mass is 32.2. The lowest BCUT2D eigenvalue weighted by Gasteiger charge is -2.35. The van der Waals surface area contributed by atoms with Crippen LogP contribution in [0.3, 0.4) is 0 Å². The van der Waals surface area contributed by atoms with Crippen LogP contribution in [0.4, 0.5) is 5.69 Å². The average molecular weight is 497 g/mol. The van der Waals surface area contributed by atoms with Crippen molar-refractivity contribution >= 4 is 33.0 Å². The fourth-order valence-corrected chi connectivity index (χ4v) is 5.05. The second-order valence-electron chi connectivity index (χ2n) is 8.54. The first-order chi connectivity index (χ1) is 15.6. The summed E-state index contributed by atoms with van der Waals surface area (Å²) < 4.78 is 37.7. The van der Waals surface area contributed by atoms with Gasteiger partial charge in [-0.15, -0.1) is 11.3 Å². The highest BCUT2D eigenvalue weighted by Gasteiger charge is 2.28. The molecule has 3 atom stereocenters. The molecule has 0 spiro atoms. The molecule has 0 aliphatic carbocycles. The van der Waals surface area contributed by atoms with E-state index in [-0.39, 0.29) is 24.0 Å². The van der Waals surface area contributed by atoms with Gasteiger partial charge in [0.2, 0.25) is 10.0 Å². The Labute approximate surface area is 199 Å². The minimum absolute atomic E-state index is 0.0143. The third-order valence-electron chi connectivity index (χ3n) is 5.70. The van der Waals surface area contributed by atoms with Crippen molar-refractivity contribution in [3.63, 3.8) is 0 Å². The standard InChI is InChI=1S/C22H32N4O5S2/c1-15-11-26(13-21-23-8-9-32-21)16(2)14-31-19-10-17(24-33(5,28)29)6-7-18(19)22(27)25(3)12-20(15)30-4/h6-10,15-16,20,24H,11-14H2,1-5H3/t15-,16+,20-/m1/s1. The summed E-state index contributed by atoms with van der Waals surface area (Å²) in [5, 5.41) is 2.98. The molecule has 182 valence electrons. The van der Waals surface area contributed by atoms with Gasteiger partial charge in [0.25, 0.3) is 5.91 Å². The summed E-state index contributed by atoms with van der Waals surface area (Å²) in [5.74, 6) is 0.287. The van der Waals surface area contributed by atoms with Gasteiger partial charge in [-0.3, -0.25) is 14.4 Å². The molecule has 1 aliphatic rings. The summed E-state index contributed by atoms with van der Waals surface area (Å²) in [6, 6.07) is 4.73. The van der Waals surface area contributed by atoms with Gasteiger partial charge in [0.05, 0.1) is 30.2 Å². The van der Waals surface area contributed by atoms with Crippen LogP contribution in [0.2, 0.25) is 0 Å². The number of aromatic nitrogens is 1. The van der Waals surface area contributed by atoms with Crippen molar-refractivity contribution in [3.8, 4) is 5.75 Å². The molecule has 1 aromatic carbocycles. The Morgan fingerprint density at radius 3 is 2.70 bits per heavy atom. The number of carbonyl (C=O) groups excluding carboxylic acids is 1. The number of benzene rings is 1. The van der Waals surface area contributed by atoms with Gasteiger partial charge in [-0.05, 0) is 25.0 Å². The van der Waals surface area contributed by atoms with Gasteiger partial charge in [0.15, 0.2) is 0 Å². The van der Waals surface area contributed by atoms with E-state index in [9.17, 15) is 13.2 Å². The molecule has 0 saturated heterocycles. The number of amides is 1. The highest BCUT2D eigenvalue weighted by Crippen LogP contribution is 2.27. The molecular weight excluding hydrogens is 464 g/mol. The zero-order valence-corrected chi connectivity index (χ0v) is 21.3. The number of carbonyl (C=O) groups is 1. The van der Waals surface area contributed by atoms with Crippen LogP contribution in [-0.4, -0.2) is 81.4 Å². The van der Waals surface area contributed by atoms with Gasteiger partial charge in [0.1, 0.15) is 17.4 Å². The maximum Gasteiger partial charge on any atom is 0.257 e. The summed E-state index contributed by atoms with van der Waals surface area (Å²) >= 11 is 1.61. The Morgan fingerprint density at radius 2 is 2.06 bits per heavy atom. The molecule has 0 saturated carbocycles. The van der Waals surface area contributed by atoms with E-state index < -0.39 is 10.0 Å². The van der Waals surface area contributed by atoms with Crippen molar-refractivity contribution in [1.82, 2.24) is 14.8 Å². The average Bonchev–Trinajstić information content (AvgIpc) is 3.26. The van der Waals surface area contributed by atoms with Crippen LogP contribution < -0.4 is 9.46 Å². The van der Waals surface area contributed by atoms with Gasteiger partial charge in [-0.1, -0.05) is 6.92 Å². The molecule has 9 nitrogen and oxygen atoms in total. The summed E-state index contributed by atoms with van der Waals surface area (Å²) in [6.07, 6.45) is 2.73. The van der Waals surface area contributed by atoms with Crippen molar-refractivity contribution in [2.24, 2.45) is 5.92 Å². The van der Waals surface area contributed by atoms with Crippen LogP contribution >= 0.6 is 11.3 Å². The predicted molar refractivity (Wildman–Crippen MR) is 129 cm³/mol. The minimum atomic E-state index is -3.46. The van der Waals surface area contributed by atoms with Crippen LogP contribution in [0.25, 0.3) is 0 Å². The molecular formula is C22H32N4O5S2. The third-order valence-corrected chi connectivity index (χ3v) is 7.07. The van der Waals surface area contributed by atoms with E-state index in [4.69, 9.17) is 9.47 Å². The Morgan fingerprint density at radius 1 is 1.30 bits per heavy atom. The predicted octanol–water partition coefficient (Wildman–Crippen LogP) is 2.52. The number of anilines is 1. The van der Waals surface area contributed by atoms with Gasteiger partial charge in [-0.2, -0.15) is 0 Å². The summed E-state index contributed by atoms with van der Waals surface area (Å²) in [6.45, 7) is 6.35. The number of fused-ring (bicyclic) bond motifs is 1. The monoisotopic (exact) mass is 496 g/mol. The lowest BCUT2D eigenvalue weighted by Crippen LogP contribution is -2.46. The van der Waals surface area contributed by atoms with Crippen LogP contribution in [0.1, 0.15) is 29.2 Å². The Kier molecular flexibility index (Phi) is 8.33. The van der Waals surface area contributed by atoms with E-state index in [0.29, 0.717) is 36.7 Å². The largest absolute Gasteiger partial charge is 0.491 e. The molecule has 1 amide bonds. The second kappa shape index (κ2) is 10.8. The first kappa shape index (κ1) is 25.4. The molecule has 0 unspecified atom stereocenters. The zero-order chi connectivity index (χ0) is 24.2. The fourth-order valence-electron chi connectivity index (χ4n) is 3.85. The summed E-state index contributed by atoms with van der Waals surface area (Å²) in [7, 11) is -0.0667.